The van der Waals surface area contributed by atoms with Gasteiger partial charge in [0.15, 0.2) is 11.5 Å². The van der Waals surface area contributed by atoms with Crippen molar-refractivity contribution in [2.75, 3.05) is 17.7 Å². The third kappa shape index (κ3) is 6.25. The van der Waals surface area contributed by atoms with Crippen LogP contribution in [0.1, 0.15) is 41.5 Å². The Labute approximate surface area is 198 Å². The van der Waals surface area contributed by atoms with E-state index >= 15 is 0 Å². The number of hydrogen-bond donors (Lipinski definition) is 2. The molecule has 0 saturated carbocycles. The van der Waals surface area contributed by atoms with Crippen LogP contribution in [0.5, 0.6) is 11.5 Å². The lowest BCUT2D eigenvalue weighted by Gasteiger charge is -2.11. The lowest BCUT2D eigenvalue weighted by Crippen LogP contribution is -2.12. The number of amides is 2. The Hall–Kier alpha value is -4.07. The zero-order valence-corrected chi connectivity index (χ0v) is 20.0. The highest BCUT2D eigenvalue weighted by molar-refractivity contribution is 6.03. The van der Waals surface area contributed by atoms with Crippen molar-refractivity contribution in [1.82, 2.24) is 5.16 Å². The predicted molar refractivity (Wildman–Crippen MR) is 131 cm³/mol. The highest BCUT2D eigenvalue weighted by atomic mass is 16.5. The number of aromatic nitrogens is 1. The molecule has 0 atom stereocenters. The standard InChI is InChI=1S/C26H29N3O5/c1-6-25(30)27-20-10-7-16(2)22(14-20)28-26(31)12-9-19-8-11-23(24(13-19)32-5)33-15-21-17(3)29-34-18(21)4/h7-14H,6,15H2,1-5H3,(H,27,30)(H,28,31)/b12-9+. The van der Waals surface area contributed by atoms with Crippen molar-refractivity contribution < 1.29 is 23.6 Å². The Morgan fingerprint density at radius 2 is 1.85 bits per heavy atom. The van der Waals surface area contributed by atoms with Crippen LogP contribution in [0.15, 0.2) is 47.0 Å². The average molecular weight is 464 g/mol. The predicted octanol–water partition coefficient (Wildman–Crippen LogP) is 5.19. The minimum atomic E-state index is -0.292. The van der Waals surface area contributed by atoms with E-state index in [1.165, 1.54) is 6.08 Å². The number of carbonyl (C=O) groups is 2. The molecule has 3 aromatic rings. The smallest absolute Gasteiger partial charge is 0.248 e. The third-order valence-electron chi connectivity index (χ3n) is 5.27. The van der Waals surface area contributed by atoms with Crippen LogP contribution >= 0.6 is 0 Å². The van der Waals surface area contributed by atoms with Crippen molar-refractivity contribution in [3.8, 4) is 11.5 Å². The summed E-state index contributed by atoms with van der Waals surface area (Å²) in [5.74, 6) is 1.46. The second-order valence-corrected chi connectivity index (χ2v) is 7.76. The summed E-state index contributed by atoms with van der Waals surface area (Å²) >= 11 is 0. The first-order valence-electron chi connectivity index (χ1n) is 10.9. The summed E-state index contributed by atoms with van der Waals surface area (Å²) < 4.78 is 16.5. The Bertz CT molecular complexity index is 1190. The number of anilines is 2. The van der Waals surface area contributed by atoms with E-state index in [0.717, 1.165) is 28.1 Å². The zero-order valence-electron chi connectivity index (χ0n) is 20.0. The normalized spacial score (nSPS) is 10.9. The average Bonchev–Trinajstić information content (AvgIpc) is 3.15. The molecule has 178 valence electrons. The van der Waals surface area contributed by atoms with Crippen LogP contribution in [0, 0.1) is 20.8 Å². The monoisotopic (exact) mass is 463 g/mol. The molecule has 0 bridgehead atoms. The second kappa shape index (κ2) is 11.2. The van der Waals surface area contributed by atoms with Crippen molar-refractivity contribution >= 4 is 29.3 Å². The van der Waals surface area contributed by atoms with Gasteiger partial charge >= 0.3 is 0 Å². The Kier molecular flexibility index (Phi) is 8.08. The fourth-order valence-electron chi connectivity index (χ4n) is 3.20. The topological polar surface area (TPSA) is 103 Å². The van der Waals surface area contributed by atoms with Crippen LogP contribution in [-0.2, 0) is 16.2 Å². The maximum atomic E-state index is 12.5. The van der Waals surface area contributed by atoms with E-state index in [2.05, 4.69) is 15.8 Å². The first-order chi connectivity index (χ1) is 16.3. The van der Waals surface area contributed by atoms with Gasteiger partial charge in [0.2, 0.25) is 11.8 Å². The summed E-state index contributed by atoms with van der Waals surface area (Å²) in [5, 5.41) is 9.57. The van der Waals surface area contributed by atoms with Crippen LogP contribution in [0.4, 0.5) is 11.4 Å². The molecular weight excluding hydrogens is 434 g/mol. The number of nitrogens with zero attached hydrogens (tertiary/aromatic N) is 1. The maximum Gasteiger partial charge on any atom is 0.248 e. The minimum Gasteiger partial charge on any atom is -0.493 e. The van der Waals surface area contributed by atoms with Gasteiger partial charge in [-0.15, -0.1) is 0 Å². The molecule has 2 amide bonds. The molecule has 0 unspecified atom stereocenters. The van der Waals surface area contributed by atoms with Gasteiger partial charge in [-0.1, -0.05) is 24.2 Å². The summed E-state index contributed by atoms with van der Waals surface area (Å²) in [6.07, 6.45) is 3.51. The van der Waals surface area contributed by atoms with E-state index in [4.69, 9.17) is 14.0 Å². The molecule has 0 radical (unpaired) electrons. The van der Waals surface area contributed by atoms with Gasteiger partial charge in [0.05, 0.1) is 18.4 Å². The Morgan fingerprint density at radius 3 is 2.53 bits per heavy atom. The van der Waals surface area contributed by atoms with Gasteiger partial charge < -0.3 is 24.6 Å². The van der Waals surface area contributed by atoms with Gasteiger partial charge in [-0.2, -0.15) is 0 Å². The number of hydrogen-bond acceptors (Lipinski definition) is 6. The van der Waals surface area contributed by atoms with Gasteiger partial charge in [0, 0.05) is 23.9 Å². The molecule has 34 heavy (non-hydrogen) atoms. The van der Waals surface area contributed by atoms with E-state index in [9.17, 15) is 9.59 Å². The molecule has 1 heterocycles. The summed E-state index contributed by atoms with van der Waals surface area (Å²) in [6, 6.07) is 10.8. The Morgan fingerprint density at radius 1 is 1.06 bits per heavy atom. The maximum absolute atomic E-state index is 12.5. The Balaban J connectivity index is 1.66. The number of carbonyl (C=O) groups excluding carboxylic acids is 2. The number of rotatable bonds is 9. The molecule has 8 heteroatoms. The number of ether oxygens (including phenoxy) is 2. The van der Waals surface area contributed by atoms with Gasteiger partial charge in [-0.25, -0.2) is 0 Å². The number of methoxy groups -OCH3 is 1. The highest BCUT2D eigenvalue weighted by Crippen LogP contribution is 2.30. The molecule has 2 N–H and O–H groups in total. The van der Waals surface area contributed by atoms with E-state index in [-0.39, 0.29) is 11.8 Å². The number of nitrogens with one attached hydrogen (secondary N) is 2. The van der Waals surface area contributed by atoms with E-state index in [1.54, 1.807) is 44.4 Å². The molecular formula is C26H29N3O5. The van der Waals surface area contributed by atoms with Crippen molar-refractivity contribution in [2.24, 2.45) is 0 Å². The second-order valence-electron chi connectivity index (χ2n) is 7.76. The molecule has 0 aliphatic heterocycles. The number of aryl methyl sites for hydroxylation is 3. The SMILES string of the molecule is CCC(=O)Nc1ccc(C)c(NC(=O)/C=C/c2ccc(OCc3c(C)noc3C)c(OC)c2)c1. The minimum absolute atomic E-state index is 0.0888. The molecule has 8 nitrogen and oxygen atoms in total. The molecule has 0 fully saturated rings. The quantitative estimate of drug-likeness (QED) is 0.424. The highest BCUT2D eigenvalue weighted by Gasteiger charge is 2.12. The fourth-order valence-corrected chi connectivity index (χ4v) is 3.20. The number of benzene rings is 2. The van der Waals surface area contributed by atoms with Gasteiger partial charge in [-0.3, -0.25) is 9.59 Å². The first kappa shape index (κ1) is 24.6. The van der Waals surface area contributed by atoms with E-state index in [0.29, 0.717) is 35.9 Å². The van der Waals surface area contributed by atoms with Crippen LogP contribution < -0.4 is 20.1 Å². The van der Waals surface area contributed by atoms with E-state index < -0.39 is 0 Å². The van der Waals surface area contributed by atoms with Crippen molar-refractivity contribution in [1.29, 1.82) is 0 Å². The molecule has 0 spiro atoms. The van der Waals surface area contributed by atoms with Gasteiger partial charge in [0.25, 0.3) is 0 Å². The van der Waals surface area contributed by atoms with Crippen molar-refractivity contribution in [3.63, 3.8) is 0 Å². The van der Waals surface area contributed by atoms with Crippen molar-refractivity contribution in [2.45, 2.75) is 40.7 Å². The van der Waals surface area contributed by atoms with E-state index in [1.807, 2.05) is 32.9 Å². The van der Waals surface area contributed by atoms with Crippen LogP contribution in [0.3, 0.4) is 0 Å². The first-order valence-corrected chi connectivity index (χ1v) is 10.9. The lowest BCUT2D eigenvalue weighted by molar-refractivity contribution is -0.116. The summed E-state index contributed by atoms with van der Waals surface area (Å²) in [5.41, 5.74) is 4.61. The summed E-state index contributed by atoms with van der Waals surface area (Å²) in [6.45, 7) is 7.69. The van der Waals surface area contributed by atoms with Gasteiger partial charge in [-0.05, 0) is 62.2 Å². The van der Waals surface area contributed by atoms with Crippen LogP contribution in [0.2, 0.25) is 0 Å². The molecule has 1 aromatic heterocycles. The molecule has 3 rings (SSSR count). The largest absolute Gasteiger partial charge is 0.493 e. The molecule has 0 aliphatic rings. The lowest BCUT2D eigenvalue weighted by atomic mass is 10.1. The summed E-state index contributed by atoms with van der Waals surface area (Å²) in [7, 11) is 1.56. The summed E-state index contributed by atoms with van der Waals surface area (Å²) in [4.78, 5) is 24.1. The van der Waals surface area contributed by atoms with Gasteiger partial charge in [0.1, 0.15) is 12.4 Å². The molecule has 0 aliphatic carbocycles. The third-order valence-corrected chi connectivity index (χ3v) is 5.27. The molecule has 0 saturated heterocycles. The fraction of sp³-hybridized carbons (Fsp3) is 0.269. The van der Waals surface area contributed by atoms with Crippen LogP contribution in [-0.4, -0.2) is 24.1 Å². The zero-order chi connectivity index (χ0) is 24.7. The molecule has 2 aromatic carbocycles. The van der Waals surface area contributed by atoms with Crippen LogP contribution in [0.25, 0.3) is 6.08 Å². The van der Waals surface area contributed by atoms with Crippen molar-refractivity contribution in [3.05, 3.63) is 70.6 Å².